The number of carboxylic acids is 1. The Balaban J connectivity index is 2.15. The third-order valence-electron chi connectivity index (χ3n) is 5.76. The van der Waals surface area contributed by atoms with Gasteiger partial charge in [0.25, 0.3) is 0 Å². The Bertz CT molecular complexity index is 1040. The van der Waals surface area contributed by atoms with E-state index in [1.165, 1.54) is 6.20 Å². The van der Waals surface area contributed by atoms with E-state index in [2.05, 4.69) is 0 Å². The Morgan fingerprint density at radius 2 is 2.00 bits per heavy atom. The van der Waals surface area contributed by atoms with Gasteiger partial charge in [0.1, 0.15) is 5.56 Å². The van der Waals surface area contributed by atoms with Crippen LogP contribution in [0.25, 0.3) is 10.9 Å². The van der Waals surface area contributed by atoms with Gasteiger partial charge in [-0.25, -0.2) is 9.18 Å². The molecule has 2 aromatic rings. The zero-order chi connectivity index (χ0) is 20.3. The van der Waals surface area contributed by atoms with E-state index < -0.39 is 17.2 Å². The molecule has 8 heteroatoms. The van der Waals surface area contributed by atoms with Crippen molar-refractivity contribution in [2.24, 2.45) is 5.73 Å². The van der Waals surface area contributed by atoms with Crippen molar-refractivity contribution in [2.45, 2.75) is 38.3 Å². The highest BCUT2D eigenvalue weighted by Crippen LogP contribution is 2.43. The molecule has 28 heavy (non-hydrogen) atoms. The fraction of sp³-hybridized carbons (Fsp3) is 0.500. The summed E-state index contributed by atoms with van der Waals surface area (Å²) in [6, 6.07) is 0.117. The van der Waals surface area contributed by atoms with Gasteiger partial charge in [-0.3, -0.25) is 4.79 Å². The topological polar surface area (TPSA) is 91.8 Å². The molecule has 4 rings (SSSR count). The van der Waals surface area contributed by atoms with Crippen molar-refractivity contribution in [2.75, 3.05) is 37.0 Å². The van der Waals surface area contributed by atoms with E-state index in [1.807, 2.05) is 16.4 Å². The molecule has 3 N–H and O–H groups in total. The monoisotopic (exact) mass is 388 g/mol. The third-order valence-corrected chi connectivity index (χ3v) is 5.76. The largest absolute Gasteiger partial charge is 0.477 e. The summed E-state index contributed by atoms with van der Waals surface area (Å²) in [7, 11) is 3.34. The van der Waals surface area contributed by atoms with Crippen LogP contribution in [-0.4, -0.2) is 48.9 Å². The van der Waals surface area contributed by atoms with Crippen molar-refractivity contribution >= 4 is 28.2 Å². The lowest BCUT2D eigenvalue weighted by molar-refractivity contribution is 0.0695. The van der Waals surface area contributed by atoms with Gasteiger partial charge in [0.05, 0.1) is 22.3 Å². The normalized spacial score (nSPS) is 19.5. The molecule has 1 saturated carbocycles. The highest BCUT2D eigenvalue weighted by Gasteiger charge is 2.33. The van der Waals surface area contributed by atoms with Crippen LogP contribution in [0.2, 0.25) is 0 Å². The summed E-state index contributed by atoms with van der Waals surface area (Å²) in [4.78, 5) is 28.2. The van der Waals surface area contributed by atoms with Crippen molar-refractivity contribution in [3.8, 4) is 0 Å². The molecule has 1 atom stereocenters. The van der Waals surface area contributed by atoms with E-state index >= 15 is 4.39 Å². The number of rotatable bonds is 4. The number of pyridine rings is 1. The minimum absolute atomic E-state index is 0.0164. The lowest BCUT2D eigenvalue weighted by Gasteiger charge is -2.28. The van der Waals surface area contributed by atoms with Crippen LogP contribution in [0.15, 0.2) is 11.0 Å². The van der Waals surface area contributed by atoms with Crippen LogP contribution < -0.4 is 21.0 Å². The summed E-state index contributed by atoms with van der Waals surface area (Å²) in [6.07, 6.45) is 4.03. The summed E-state index contributed by atoms with van der Waals surface area (Å²) in [5, 5.41) is 9.67. The summed E-state index contributed by atoms with van der Waals surface area (Å²) in [6.45, 7) is 3.01. The van der Waals surface area contributed by atoms with Crippen LogP contribution in [0.5, 0.6) is 0 Å². The number of aromatic carboxylic acids is 1. The first-order valence-corrected chi connectivity index (χ1v) is 9.54. The molecule has 0 amide bonds. The number of carbonyl (C=O) groups is 1. The predicted octanol–water partition coefficient (Wildman–Crippen LogP) is 2.09. The Labute approximate surface area is 162 Å². The number of aromatic nitrogens is 1. The Morgan fingerprint density at radius 3 is 2.50 bits per heavy atom. The summed E-state index contributed by atoms with van der Waals surface area (Å²) in [5.41, 5.74) is 6.96. The highest BCUT2D eigenvalue weighted by atomic mass is 19.1. The minimum Gasteiger partial charge on any atom is -0.477 e. The van der Waals surface area contributed by atoms with Crippen molar-refractivity contribution < 1.29 is 14.3 Å². The van der Waals surface area contributed by atoms with Crippen molar-refractivity contribution in [1.82, 2.24) is 4.57 Å². The van der Waals surface area contributed by atoms with E-state index in [-0.39, 0.29) is 28.7 Å². The zero-order valence-electron chi connectivity index (χ0n) is 16.3. The molecule has 1 saturated heterocycles. The van der Waals surface area contributed by atoms with Crippen LogP contribution >= 0.6 is 0 Å². The number of carboxylic acid groups (broad SMARTS) is 1. The van der Waals surface area contributed by atoms with Gasteiger partial charge in [0.2, 0.25) is 5.43 Å². The number of anilines is 2. The van der Waals surface area contributed by atoms with Crippen LogP contribution in [0.1, 0.15) is 41.2 Å². The van der Waals surface area contributed by atoms with E-state index in [1.54, 1.807) is 19.0 Å². The standard InChI is InChI=1S/C20H25FN4O3/c1-10-16-14(19(26)13(20(27)28)9-25(16)12-4-5-12)18(23(2)3)15(21)17(10)24-7-6-11(22)8-24/h9,11-12H,4-8,22H2,1-3H3,(H,27,28)/t11-/m0/s1. The first-order chi connectivity index (χ1) is 13.2. The quantitative estimate of drug-likeness (QED) is 0.833. The van der Waals surface area contributed by atoms with Crippen molar-refractivity contribution in [3.05, 3.63) is 33.4 Å². The van der Waals surface area contributed by atoms with Gasteiger partial charge in [-0.2, -0.15) is 0 Å². The van der Waals surface area contributed by atoms with E-state index in [4.69, 9.17) is 5.73 Å². The second-order valence-corrected chi connectivity index (χ2v) is 8.06. The third kappa shape index (κ3) is 2.74. The molecule has 0 radical (unpaired) electrons. The summed E-state index contributed by atoms with van der Waals surface area (Å²) < 4.78 is 17.6. The van der Waals surface area contributed by atoms with Gasteiger partial charge in [-0.15, -0.1) is 0 Å². The molecule has 150 valence electrons. The Kier molecular flexibility index (Phi) is 4.33. The van der Waals surface area contributed by atoms with Gasteiger partial charge in [0.15, 0.2) is 5.82 Å². The number of halogens is 1. The fourth-order valence-electron chi connectivity index (χ4n) is 4.31. The number of fused-ring (bicyclic) bond motifs is 1. The average molecular weight is 388 g/mol. The van der Waals surface area contributed by atoms with Gasteiger partial charge in [-0.05, 0) is 31.7 Å². The number of hydrogen-bond donors (Lipinski definition) is 2. The van der Waals surface area contributed by atoms with E-state index in [9.17, 15) is 14.7 Å². The fourth-order valence-corrected chi connectivity index (χ4v) is 4.31. The number of nitrogens with two attached hydrogens (primary N) is 1. The maximum absolute atomic E-state index is 15.7. The lowest BCUT2D eigenvalue weighted by Crippen LogP contribution is -2.29. The second kappa shape index (κ2) is 6.48. The first kappa shape index (κ1) is 18.7. The highest BCUT2D eigenvalue weighted by molar-refractivity contribution is 6.02. The number of hydrogen-bond acceptors (Lipinski definition) is 5. The maximum atomic E-state index is 15.7. The van der Waals surface area contributed by atoms with E-state index in [0.29, 0.717) is 29.9 Å². The molecule has 2 aliphatic rings. The molecular formula is C20H25FN4O3. The second-order valence-electron chi connectivity index (χ2n) is 8.06. The molecule has 7 nitrogen and oxygen atoms in total. The minimum atomic E-state index is -1.29. The zero-order valence-corrected chi connectivity index (χ0v) is 16.3. The van der Waals surface area contributed by atoms with Crippen LogP contribution in [-0.2, 0) is 0 Å². The van der Waals surface area contributed by atoms with E-state index in [0.717, 1.165) is 19.3 Å². The first-order valence-electron chi connectivity index (χ1n) is 9.54. The lowest BCUT2D eigenvalue weighted by atomic mass is 10.0. The Hall–Kier alpha value is -2.61. The van der Waals surface area contributed by atoms with Crippen LogP contribution in [0, 0.1) is 12.7 Å². The molecule has 1 aromatic carbocycles. The van der Waals surface area contributed by atoms with Gasteiger partial charge in [-0.1, -0.05) is 0 Å². The number of nitrogens with zero attached hydrogens (tertiary/aromatic N) is 3. The molecule has 0 spiro atoms. The SMILES string of the molecule is Cc1c(N2CC[C@H](N)C2)c(F)c(N(C)C)c2c(=O)c(C(=O)O)cn(C3CC3)c12. The molecule has 0 unspecified atom stereocenters. The number of aryl methyl sites for hydroxylation is 1. The molecular weight excluding hydrogens is 363 g/mol. The van der Waals surface area contributed by atoms with Crippen LogP contribution in [0.4, 0.5) is 15.8 Å². The summed E-state index contributed by atoms with van der Waals surface area (Å²) in [5.74, 6) is -1.79. The molecule has 1 aliphatic carbocycles. The van der Waals surface area contributed by atoms with Gasteiger partial charge in [0, 0.05) is 45.5 Å². The van der Waals surface area contributed by atoms with Crippen molar-refractivity contribution in [1.29, 1.82) is 0 Å². The molecule has 1 aromatic heterocycles. The molecule has 1 aliphatic heterocycles. The smallest absolute Gasteiger partial charge is 0.341 e. The van der Waals surface area contributed by atoms with Gasteiger partial charge >= 0.3 is 5.97 Å². The molecule has 2 fully saturated rings. The molecule has 2 heterocycles. The van der Waals surface area contributed by atoms with Crippen molar-refractivity contribution in [3.63, 3.8) is 0 Å². The molecule has 0 bridgehead atoms. The van der Waals surface area contributed by atoms with Crippen LogP contribution in [0.3, 0.4) is 0 Å². The maximum Gasteiger partial charge on any atom is 0.341 e. The van der Waals surface area contributed by atoms with Gasteiger partial charge < -0.3 is 25.2 Å². The number of benzene rings is 1. The predicted molar refractivity (Wildman–Crippen MR) is 107 cm³/mol. The average Bonchev–Trinajstić information content (AvgIpc) is 3.37. The Morgan fingerprint density at radius 1 is 1.32 bits per heavy atom. The summed E-state index contributed by atoms with van der Waals surface area (Å²) >= 11 is 0.